The minimum Gasteiger partial charge on any atom is -0.425 e. The molecule has 0 amide bonds. The third-order valence-corrected chi connectivity index (χ3v) is 2.32. The van der Waals surface area contributed by atoms with Crippen LogP contribution in [0.25, 0.3) is 0 Å². The maximum atomic E-state index is 11.8. The van der Waals surface area contributed by atoms with Gasteiger partial charge in [-0.1, -0.05) is 18.2 Å². The average Bonchev–Trinajstić information content (AvgIpc) is 2.77. The van der Waals surface area contributed by atoms with Crippen LogP contribution in [0.2, 0.25) is 0 Å². The van der Waals surface area contributed by atoms with Crippen LogP contribution >= 0.6 is 0 Å². The van der Waals surface area contributed by atoms with Gasteiger partial charge in [-0.3, -0.25) is 0 Å². The third kappa shape index (κ3) is 3.85. The minimum atomic E-state index is -0.404. The van der Waals surface area contributed by atoms with Crippen LogP contribution in [0.1, 0.15) is 5.82 Å². The molecular formula is C12H15N5O2. The second kappa shape index (κ2) is 6.05. The molecule has 0 aliphatic rings. The number of hydrogen-bond donors (Lipinski definition) is 0. The van der Waals surface area contributed by atoms with E-state index < -0.39 is 5.97 Å². The first kappa shape index (κ1) is 13.2. The van der Waals surface area contributed by atoms with E-state index in [1.54, 1.807) is 24.3 Å². The predicted octanol–water partition coefficient (Wildman–Crippen LogP) is 0.340. The molecule has 2 rings (SSSR count). The van der Waals surface area contributed by atoms with Gasteiger partial charge in [0.15, 0.2) is 5.82 Å². The Morgan fingerprint density at radius 1 is 1.32 bits per heavy atom. The molecule has 0 fully saturated rings. The molecule has 1 heterocycles. The number of nitrogens with zero attached hydrogens (tertiary/aromatic N) is 5. The largest absolute Gasteiger partial charge is 0.425 e. The molecule has 0 unspecified atom stereocenters. The molecule has 7 nitrogen and oxygen atoms in total. The summed E-state index contributed by atoms with van der Waals surface area (Å²) in [4.78, 5) is 13.7. The normalized spacial score (nSPS) is 10.7. The van der Waals surface area contributed by atoms with E-state index in [2.05, 4.69) is 15.5 Å². The van der Waals surface area contributed by atoms with Gasteiger partial charge in [-0.2, -0.15) is 0 Å². The maximum Gasteiger partial charge on any atom is 0.333 e. The van der Waals surface area contributed by atoms with E-state index >= 15 is 0 Å². The quantitative estimate of drug-likeness (QED) is 0.571. The van der Waals surface area contributed by atoms with Gasteiger partial charge in [-0.05, 0) is 36.7 Å². The number of rotatable bonds is 5. The van der Waals surface area contributed by atoms with Crippen molar-refractivity contribution in [1.82, 2.24) is 25.1 Å². The van der Waals surface area contributed by atoms with Crippen LogP contribution in [0.3, 0.4) is 0 Å². The molecular weight excluding hydrogens is 246 g/mol. The maximum absolute atomic E-state index is 11.8. The summed E-state index contributed by atoms with van der Waals surface area (Å²) >= 11 is 0. The van der Waals surface area contributed by atoms with Crippen LogP contribution in [0.4, 0.5) is 0 Å². The van der Waals surface area contributed by atoms with Gasteiger partial charge in [0.2, 0.25) is 0 Å². The van der Waals surface area contributed by atoms with Crippen molar-refractivity contribution in [3.63, 3.8) is 0 Å². The van der Waals surface area contributed by atoms with Gasteiger partial charge in [0.05, 0.1) is 6.54 Å². The van der Waals surface area contributed by atoms with E-state index in [1.807, 2.05) is 25.1 Å². The minimum absolute atomic E-state index is 0.00886. The van der Waals surface area contributed by atoms with E-state index in [0.29, 0.717) is 18.1 Å². The smallest absolute Gasteiger partial charge is 0.333 e. The molecule has 0 N–H and O–H groups in total. The van der Waals surface area contributed by atoms with Crippen LogP contribution in [0.5, 0.6) is 5.75 Å². The van der Waals surface area contributed by atoms with Crippen molar-refractivity contribution in [2.24, 2.45) is 0 Å². The lowest BCUT2D eigenvalue weighted by Crippen LogP contribution is -2.22. The number of carbonyl (C=O) groups excluding carboxylic acids is 1. The lowest BCUT2D eigenvalue weighted by Gasteiger charge is -2.09. The van der Waals surface area contributed by atoms with Gasteiger partial charge in [0.25, 0.3) is 0 Å². The zero-order valence-corrected chi connectivity index (χ0v) is 10.9. The van der Waals surface area contributed by atoms with Crippen molar-refractivity contribution in [1.29, 1.82) is 0 Å². The van der Waals surface area contributed by atoms with Gasteiger partial charge in [0, 0.05) is 0 Å². The molecule has 0 spiro atoms. The number of para-hydroxylation sites is 1. The Bertz CT molecular complexity index is 538. The van der Waals surface area contributed by atoms with Gasteiger partial charge < -0.3 is 9.64 Å². The van der Waals surface area contributed by atoms with Gasteiger partial charge in [0.1, 0.15) is 12.3 Å². The first-order valence-corrected chi connectivity index (χ1v) is 5.80. The molecule has 0 radical (unpaired) electrons. The second-order valence-corrected chi connectivity index (χ2v) is 4.28. The van der Waals surface area contributed by atoms with Crippen LogP contribution in [0, 0.1) is 0 Å². The van der Waals surface area contributed by atoms with E-state index in [4.69, 9.17) is 4.74 Å². The SMILES string of the molecule is CN(C)Cc1nnnn1CC(=O)Oc1ccccc1. The number of ether oxygens (including phenoxy) is 1. The summed E-state index contributed by atoms with van der Waals surface area (Å²) in [7, 11) is 3.81. The Hall–Kier alpha value is -2.28. The molecule has 0 bridgehead atoms. The summed E-state index contributed by atoms with van der Waals surface area (Å²) in [5.74, 6) is 0.725. The highest BCUT2D eigenvalue weighted by Crippen LogP contribution is 2.09. The highest BCUT2D eigenvalue weighted by molar-refractivity contribution is 5.72. The number of aromatic nitrogens is 4. The molecule has 1 aromatic carbocycles. The number of tetrazole rings is 1. The van der Waals surface area contributed by atoms with E-state index in [-0.39, 0.29) is 6.54 Å². The van der Waals surface area contributed by atoms with Crippen LogP contribution in [-0.4, -0.2) is 45.2 Å². The predicted molar refractivity (Wildman–Crippen MR) is 67.3 cm³/mol. The Balaban J connectivity index is 1.97. The van der Waals surface area contributed by atoms with Crippen LogP contribution in [0.15, 0.2) is 30.3 Å². The Kier molecular flexibility index (Phi) is 4.19. The Morgan fingerprint density at radius 2 is 2.05 bits per heavy atom. The fourth-order valence-electron chi connectivity index (χ4n) is 1.52. The van der Waals surface area contributed by atoms with E-state index in [1.165, 1.54) is 4.68 Å². The summed E-state index contributed by atoms with van der Waals surface area (Å²) in [6.45, 7) is 0.552. The Morgan fingerprint density at radius 3 is 2.74 bits per heavy atom. The monoisotopic (exact) mass is 261 g/mol. The van der Waals surface area contributed by atoms with Crippen LogP contribution in [-0.2, 0) is 17.9 Å². The standard InChI is InChI=1S/C12H15N5O2/c1-16(2)8-11-13-14-15-17(11)9-12(18)19-10-6-4-3-5-7-10/h3-7H,8-9H2,1-2H3. The third-order valence-electron chi connectivity index (χ3n) is 2.32. The van der Waals surface area contributed by atoms with Crippen molar-refractivity contribution < 1.29 is 9.53 Å². The molecule has 0 aliphatic carbocycles. The molecule has 0 saturated heterocycles. The summed E-state index contributed by atoms with van der Waals surface area (Å²) in [5, 5.41) is 11.2. The van der Waals surface area contributed by atoms with E-state index in [0.717, 1.165) is 0 Å². The molecule has 0 aliphatic heterocycles. The summed E-state index contributed by atoms with van der Waals surface area (Å²) in [5.41, 5.74) is 0. The van der Waals surface area contributed by atoms with Gasteiger partial charge in [-0.15, -0.1) is 5.10 Å². The number of esters is 1. The molecule has 19 heavy (non-hydrogen) atoms. The number of carbonyl (C=O) groups is 1. The van der Waals surface area contributed by atoms with Gasteiger partial charge >= 0.3 is 5.97 Å². The van der Waals surface area contributed by atoms with Crippen LogP contribution < -0.4 is 4.74 Å². The van der Waals surface area contributed by atoms with Crippen molar-refractivity contribution in [2.75, 3.05) is 14.1 Å². The fourth-order valence-corrected chi connectivity index (χ4v) is 1.52. The highest BCUT2D eigenvalue weighted by Gasteiger charge is 2.12. The highest BCUT2D eigenvalue weighted by atomic mass is 16.5. The zero-order valence-electron chi connectivity index (χ0n) is 10.9. The lowest BCUT2D eigenvalue weighted by molar-refractivity contribution is -0.135. The van der Waals surface area contributed by atoms with Crippen molar-refractivity contribution in [3.8, 4) is 5.75 Å². The number of benzene rings is 1. The molecule has 0 saturated carbocycles. The second-order valence-electron chi connectivity index (χ2n) is 4.28. The first-order valence-electron chi connectivity index (χ1n) is 5.80. The van der Waals surface area contributed by atoms with E-state index in [9.17, 15) is 4.79 Å². The average molecular weight is 261 g/mol. The lowest BCUT2D eigenvalue weighted by atomic mass is 10.3. The summed E-state index contributed by atoms with van der Waals surface area (Å²) in [6.07, 6.45) is 0. The summed E-state index contributed by atoms with van der Waals surface area (Å²) in [6, 6.07) is 8.90. The molecule has 2 aromatic rings. The zero-order chi connectivity index (χ0) is 13.7. The van der Waals surface area contributed by atoms with Crippen molar-refractivity contribution >= 4 is 5.97 Å². The molecule has 7 heteroatoms. The topological polar surface area (TPSA) is 73.1 Å². The molecule has 100 valence electrons. The van der Waals surface area contributed by atoms with Gasteiger partial charge in [-0.25, -0.2) is 9.48 Å². The molecule has 0 atom stereocenters. The van der Waals surface area contributed by atoms with Crippen molar-refractivity contribution in [2.45, 2.75) is 13.1 Å². The Labute approximate surface area is 110 Å². The number of hydrogen-bond acceptors (Lipinski definition) is 6. The first-order chi connectivity index (χ1) is 9.15. The summed E-state index contributed by atoms with van der Waals surface area (Å²) < 4.78 is 6.61. The molecule has 1 aromatic heterocycles. The van der Waals surface area contributed by atoms with Crippen molar-refractivity contribution in [3.05, 3.63) is 36.2 Å². The fraction of sp³-hybridized carbons (Fsp3) is 0.333.